The van der Waals surface area contributed by atoms with E-state index in [4.69, 9.17) is 0 Å². The Labute approximate surface area is 102 Å². The highest BCUT2D eigenvalue weighted by Crippen LogP contribution is 2.23. The smallest absolute Gasteiger partial charge is 0.0963 e. The van der Waals surface area contributed by atoms with Crippen molar-refractivity contribution in [3.05, 3.63) is 54.2 Å². The van der Waals surface area contributed by atoms with E-state index in [1.54, 1.807) is 0 Å². The summed E-state index contributed by atoms with van der Waals surface area (Å²) in [4.78, 5) is 4.50. The fourth-order valence-corrected chi connectivity index (χ4v) is 1.97. The van der Waals surface area contributed by atoms with Crippen molar-refractivity contribution in [3.8, 4) is 0 Å². The van der Waals surface area contributed by atoms with Crippen molar-refractivity contribution in [1.29, 1.82) is 0 Å². The molecule has 1 aromatic carbocycles. The van der Waals surface area contributed by atoms with Gasteiger partial charge in [-0.3, -0.25) is 4.98 Å². The van der Waals surface area contributed by atoms with Crippen LogP contribution < -0.4 is 0 Å². The molecule has 17 heavy (non-hydrogen) atoms. The lowest BCUT2D eigenvalue weighted by Gasteiger charge is -2.11. The van der Waals surface area contributed by atoms with E-state index in [1.807, 2.05) is 37.3 Å². The summed E-state index contributed by atoms with van der Waals surface area (Å²) >= 11 is 0. The quantitative estimate of drug-likeness (QED) is 0.810. The predicted molar refractivity (Wildman–Crippen MR) is 70.9 cm³/mol. The molecule has 0 aliphatic carbocycles. The number of pyridine rings is 1. The summed E-state index contributed by atoms with van der Waals surface area (Å²) in [5.74, 6) is 0. The van der Waals surface area contributed by atoms with Crippen molar-refractivity contribution in [1.82, 2.24) is 4.98 Å². The maximum Gasteiger partial charge on any atom is 0.0963 e. The highest BCUT2D eigenvalue weighted by atomic mass is 16.3. The number of hydrogen-bond donors (Lipinski definition) is 1. The number of nitrogens with zero attached hydrogens (tertiary/aromatic N) is 1. The number of benzene rings is 1. The maximum absolute atomic E-state index is 10.0. The average molecular weight is 227 g/mol. The van der Waals surface area contributed by atoms with Gasteiger partial charge in [-0.05, 0) is 37.5 Å². The predicted octanol–water partition coefficient (Wildman–Crippen LogP) is 3.54. The van der Waals surface area contributed by atoms with Crippen molar-refractivity contribution in [2.45, 2.75) is 25.9 Å². The molecule has 0 radical (unpaired) electrons. The second-order valence-corrected chi connectivity index (χ2v) is 4.26. The Kier molecular flexibility index (Phi) is 3.55. The lowest BCUT2D eigenvalue weighted by molar-refractivity contribution is 0.164. The molecule has 2 nitrogen and oxygen atoms in total. The zero-order valence-electron chi connectivity index (χ0n) is 10.1. The summed E-state index contributed by atoms with van der Waals surface area (Å²) in [6.45, 7) is 5.71. The molecule has 0 saturated carbocycles. The minimum absolute atomic E-state index is 0.503. The van der Waals surface area contributed by atoms with Crippen LogP contribution >= 0.6 is 0 Å². The van der Waals surface area contributed by atoms with Crippen molar-refractivity contribution >= 4 is 10.9 Å². The van der Waals surface area contributed by atoms with E-state index in [0.717, 1.165) is 28.6 Å². The van der Waals surface area contributed by atoms with E-state index in [9.17, 15) is 5.11 Å². The normalized spacial score (nSPS) is 12.6. The van der Waals surface area contributed by atoms with Crippen molar-refractivity contribution in [2.24, 2.45) is 0 Å². The number of aliphatic hydroxyl groups is 1. The molecule has 1 atom stereocenters. The Hall–Kier alpha value is -1.67. The van der Waals surface area contributed by atoms with E-state index in [1.165, 1.54) is 0 Å². The number of aliphatic hydroxyl groups excluding tert-OH is 1. The summed E-state index contributed by atoms with van der Waals surface area (Å²) in [6, 6.07) is 9.97. The zero-order valence-corrected chi connectivity index (χ0v) is 10.1. The fraction of sp³-hybridized carbons (Fsp3) is 0.267. The zero-order chi connectivity index (χ0) is 12.3. The number of fused-ring (bicyclic) bond motifs is 1. The highest BCUT2D eigenvalue weighted by Gasteiger charge is 2.10. The van der Waals surface area contributed by atoms with Crippen LogP contribution in [0, 0.1) is 6.92 Å². The second-order valence-electron chi connectivity index (χ2n) is 4.26. The van der Waals surface area contributed by atoms with E-state index < -0.39 is 6.10 Å². The lowest BCUT2D eigenvalue weighted by Crippen LogP contribution is -2.01. The van der Waals surface area contributed by atoms with Crippen LogP contribution in [0.15, 0.2) is 43.0 Å². The molecule has 0 aliphatic heterocycles. The second kappa shape index (κ2) is 5.11. The van der Waals surface area contributed by atoms with Crippen LogP contribution in [0.2, 0.25) is 0 Å². The van der Waals surface area contributed by atoms with Gasteiger partial charge in [0.05, 0.1) is 17.3 Å². The molecule has 0 aliphatic rings. The van der Waals surface area contributed by atoms with Gasteiger partial charge in [0.25, 0.3) is 0 Å². The van der Waals surface area contributed by atoms with Gasteiger partial charge in [-0.25, -0.2) is 0 Å². The minimum Gasteiger partial charge on any atom is -0.387 e. The van der Waals surface area contributed by atoms with Crippen molar-refractivity contribution in [3.63, 3.8) is 0 Å². The molecular formula is C15H17NO. The van der Waals surface area contributed by atoms with Crippen LogP contribution in [0.3, 0.4) is 0 Å². The average Bonchev–Trinajstić information content (AvgIpc) is 2.36. The first-order valence-corrected chi connectivity index (χ1v) is 5.87. The number of hydrogen-bond acceptors (Lipinski definition) is 2. The number of rotatable bonds is 4. The molecule has 1 unspecified atom stereocenters. The highest BCUT2D eigenvalue weighted by molar-refractivity contribution is 5.82. The molecule has 2 rings (SSSR count). The standard InChI is InChI=1S/C15H17NO/c1-3-4-9-15(17)14-10-11(2)12-7-5-6-8-13(12)16-14/h3,5-8,10,15,17H,1,4,9H2,2H3. The molecule has 1 aromatic heterocycles. The minimum atomic E-state index is -0.503. The molecule has 88 valence electrons. The van der Waals surface area contributed by atoms with E-state index in [2.05, 4.69) is 17.6 Å². The molecular weight excluding hydrogens is 210 g/mol. The first-order chi connectivity index (χ1) is 8.22. The summed E-state index contributed by atoms with van der Waals surface area (Å²) in [5, 5.41) is 11.2. The van der Waals surface area contributed by atoms with Gasteiger partial charge in [0.1, 0.15) is 0 Å². The molecule has 2 aromatic rings. The van der Waals surface area contributed by atoms with Gasteiger partial charge >= 0.3 is 0 Å². The van der Waals surface area contributed by atoms with Crippen LogP contribution in [0.25, 0.3) is 10.9 Å². The maximum atomic E-state index is 10.0. The third kappa shape index (κ3) is 2.53. The van der Waals surface area contributed by atoms with Gasteiger partial charge < -0.3 is 5.11 Å². The van der Waals surface area contributed by atoms with Crippen LogP contribution in [0.1, 0.15) is 30.2 Å². The van der Waals surface area contributed by atoms with Gasteiger partial charge in [0.2, 0.25) is 0 Å². The van der Waals surface area contributed by atoms with Crippen LogP contribution in [-0.2, 0) is 0 Å². The lowest BCUT2D eigenvalue weighted by atomic mass is 10.0. The number of aryl methyl sites for hydroxylation is 1. The van der Waals surface area contributed by atoms with Crippen LogP contribution in [0.5, 0.6) is 0 Å². The summed E-state index contributed by atoms with van der Waals surface area (Å²) in [5.41, 5.74) is 2.85. The molecule has 0 spiro atoms. The van der Waals surface area contributed by atoms with Gasteiger partial charge in [-0.15, -0.1) is 6.58 Å². The summed E-state index contributed by atoms with van der Waals surface area (Å²) < 4.78 is 0. The Morgan fingerprint density at radius 2 is 2.18 bits per heavy atom. The Morgan fingerprint density at radius 1 is 1.41 bits per heavy atom. The number of para-hydroxylation sites is 1. The molecule has 0 amide bonds. The van der Waals surface area contributed by atoms with Gasteiger partial charge in [0.15, 0.2) is 0 Å². The third-order valence-corrected chi connectivity index (χ3v) is 2.93. The third-order valence-electron chi connectivity index (χ3n) is 2.93. The molecule has 0 bridgehead atoms. The molecule has 0 saturated heterocycles. The molecule has 0 fully saturated rings. The number of aromatic nitrogens is 1. The van der Waals surface area contributed by atoms with Crippen LogP contribution in [-0.4, -0.2) is 10.1 Å². The molecule has 1 N–H and O–H groups in total. The Bertz CT molecular complexity index is 533. The molecule has 2 heteroatoms. The van der Waals surface area contributed by atoms with Crippen molar-refractivity contribution in [2.75, 3.05) is 0 Å². The summed E-state index contributed by atoms with van der Waals surface area (Å²) in [7, 11) is 0. The van der Waals surface area contributed by atoms with Gasteiger partial charge in [0, 0.05) is 5.39 Å². The Morgan fingerprint density at radius 3 is 2.94 bits per heavy atom. The van der Waals surface area contributed by atoms with E-state index >= 15 is 0 Å². The van der Waals surface area contributed by atoms with Crippen LogP contribution in [0.4, 0.5) is 0 Å². The molecule has 1 heterocycles. The summed E-state index contributed by atoms with van der Waals surface area (Å²) in [6.07, 6.45) is 2.79. The SMILES string of the molecule is C=CCCC(O)c1cc(C)c2ccccc2n1. The van der Waals surface area contributed by atoms with Crippen molar-refractivity contribution < 1.29 is 5.11 Å². The Balaban J connectivity index is 2.39. The van der Waals surface area contributed by atoms with E-state index in [0.29, 0.717) is 6.42 Å². The van der Waals surface area contributed by atoms with Gasteiger partial charge in [-0.2, -0.15) is 0 Å². The van der Waals surface area contributed by atoms with E-state index in [-0.39, 0.29) is 0 Å². The number of allylic oxidation sites excluding steroid dienone is 1. The topological polar surface area (TPSA) is 33.1 Å². The first kappa shape index (κ1) is 11.8. The fourth-order valence-electron chi connectivity index (χ4n) is 1.97. The first-order valence-electron chi connectivity index (χ1n) is 5.87. The monoisotopic (exact) mass is 227 g/mol. The van der Waals surface area contributed by atoms with Gasteiger partial charge in [-0.1, -0.05) is 24.3 Å². The largest absolute Gasteiger partial charge is 0.387 e.